The molecule has 0 aliphatic heterocycles. The molecule has 0 unspecified atom stereocenters. The minimum atomic E-state index is -0.498. The predicted octanol–water partition coefficient (Wildman–Crippen LogP) is 3.59. The van der Waals surface area contributed by atoms with E-state index >= 15 is 0 Å². The minimum Gasteiger partial charge on any atom is -0.320 e. The first-order valence-corrected chi connectivity index (χ1v) is 8.01. The number of imidazole rings is 1. The van der Waals surface area contributed by atoms with Crippen molar-refractivity contribution in [1.29, 1.82) is 0 Å². The van der Waals surface area contributed by atoms with Crippen molar-refractivity contribution in [3.05, 3.63) is 90.8 Å². The molecule has 0 spiro atoms. The lowest BCUT2D eigenvalue weighted by atomic mass is 10.2. The van der Waals surface area contributed by atoms with Gasteiger partial charge in [0.2, 0.25) is 0 Å². The highest BCUT2D eigenvalue weighted by atomic mass is 19.1. The topological polar surface area (TPSA) is 64.7 Å². The van der Waals surface area contributed by atoms with Crippen LogP contribution in [0.3, 0.4) is 0 Å². The standard InChI is InChI=1S/C19H13F2N5O/c20-13-1-4-15(5-2-13)26-9-7-17(24-26)19(27)23-14-3-6-18(16(21)11-14)25-10-8-22-12-25/h1-12H,(H,23,27). The number of nitrogens with one attached hydrogen (secondary N) is 1. The number of nitrogens with zero attached hydrogens (tertiary/aromatic N) is 4. The minimum absolute atomic E-state index is 0.151. The highest BCUT2D eigenvalue weighted by Gasteiger charge is 2.12. The number of rotatable bonds is 4. The summed E-state index contributed by atoms with van der Waals surface area (Å²) in [5, 5.41) is 6.77. The molecule has 134 valence electrons. The van der Waals surface area contributed by atoms with Crippen LogP contribution >= 0.6 is 0 Å². The molecular weight excluding hydrogens is 352 g/mol. The van der Waals surface area contributed by atoms with Gasteiger partial charge >= 0.3 is 0 Å². The summed E-state index contributed by atoms with van der Waals surface area (Å²) in [6.07, 6.45) is 6.25. The van der Waals surface area contributed by atoms with Gasteiger partial charge in [0.1, 0.15) is 11.6 Å². The Hall–Kier alpha value is -3.81. The van der Waals surface area contributed by atoms with Crippen molar-refractivity contribution >= 4 is 11.6 Å². The molecule has 0 bridgehead atoms. The molecule has 8 heteroatoms. The molecule has 2 aromatic heterocycles. The van der Waals surface area contributed by atoms with E-state index in [9.17, 15) is 13.6 Å². The van der Waals surface area contributed by atoms with Crippen molar-refractivity contribution in [2.75, 3.05) is 5.32 Å². The van der Waals surface area contributed by atoms with Gasteiger partial charge in [0.05, 0.1) is 17.7 Å². The van der Waals surface area contributed by atoms with Gasteiger partial charge in [0.15, 0.2) is 5.69 Å². The van der Waals surface area contributed by atoms with Gasteiger partial charge in [-0.15, -0.1) is 0 Å². The second-order valence-corrected chi connectivity index (χ2v) is 5.71. The van der Waals surface area contributed by atoms with E-state index in [-0.39, 0.29) is 11.5 Å². The third-order valence-electron chi connectivity index (χ3n) is 3.90. The van der Waals surface area contributed by atoms with E-state index in [1.807, 2.05) is 0 Å². The lowest BCUT2D eigenvalue weighted by Crippen LogP contribution is -2.13. The zero-order chi connectivity index (χ0) is 18.8. The van der Waals surface area contributed by atoms with E-state index in [1.54, 1.807) is 42.9 Å². The second kappa shape index (κ2) is 6.83. The summed E-state index contributed by atoms with van der Waals surface area (Å²) in [7, 11) is 0. The van der Waals surface area contributed by atoms with Crippen LogP contribution in [-0.2, 0) is 0 Å². The molecule has 0 fully saturated rings. The third kappa shape index (κ3) is 3.45. The van der Waals surface area contributed by atoms with E-state index in [4.69, 9.17) is 0 Å². The Bertz CT molecular complexity index is 1090. The molecule has 4 aromatic rings. The van der Waals surface area contributed by atoms with Crippen molar-refractivity contribution in [2.45, 2.75) is 0 Å². The highest BCUT2D eigenvalue weighted by Crippen LogP contribution is 2.19. The highest BCUT2D eigenvalue weighted by molar-refractivity contribution is 6.02. The number of aromatic nitrogens is 4. The molecule has 6 nitrogen and oxygen atoms in total. The second-order valence-electron chi connectivity index (χ2n) is 5.71. The van der Waals surface area contributed by atoms with Gasteiger partial charge in [0.25, 0.3) is 5.91 Å². The Kier molecular flexibility index (Phi) is 4.21. The summed E-state index contributed by atoms with van der Waals surface area (Å²) in [6.45, 7) is 0. The largest absolute Gasteiger partial charge is 0.320 e. The molecular formula is C19H13F2N5O. The number of halogens is 2. The molecule has 0 radical (unpaired) electrons. The number of carbonyl (C=O) groups excluding carboxylic acids is 1. The van der Waals surface area contributed by atoms with Gasteiger partial charge in [-0.25, -0.2) is 18.4 Å². The number of anilines is 1. The average Bonchev–Trinajstić information content (AvgIpc) is 3.35. The maximum Gasteiger partial charge on any atom is 0.276 e. The summed E-state index contributed by atoms with van der Waals surface area (Å²) < 4.78 is 30.3. The molecule has 1 N–H and O–H groups in total. The molecule has 27 heavy (non-hydrogen) atoms. The first-order chi connectivity index (χ1) is 13.1. The van der Waals surface area contributed by atoms with Crippen LogP contribution in [0.15, 0.2) is 73.4 Å². The molecule has 2 aromatic carbocycles. The third-order valence-corrected chi connectivity index (χ3v) is 3.90. The van der Waals surface area contributed by atoms with Crippen molar-refractivity contribution < 1.29 is 13.6 Å². The SMILES string of the molecule is O=C(Nc1ccc(-n2ccnc2)c(F)c1)c1ccn(-c2ccc(F)cc2)n1. The molecule has 0 atom stereocenters. The van der Waals surface area contributed by atoms with Gasteiger partial charge in [0, 0.05) is 24.3 Å². The summed E-state index contributed by atoms with van der Waals surface area (Å²) in [4.78, 5) is 16.2. The first-order valence-electron chi connectivity index (χ1n) is 8.01. The van der Waals surface area contributed by atoms with Crippen molar-refractivity contribution in [3.8, 4) is 11.4 Å². The summed E-state index contributed by atoms with van der Waals surface area (Å²) in [5.74, 6) is -1.33. The van der Waals surface area contributed by atoms with Crippen LogP contribution < -0.4 is 5.32 Å². The van der Waals surface area contributed by atoms with Crippen molar-refractivity contribution in [2.24, 2.45) is 0 Å². The van der Waals surface area contributed by atoms with Crippen LogP contribution in [0.1, 0.15) is 10.5 Å². The molecule has 0 aliphatic rings. The smallest absolute Gasteiger partial charge is 0.276 e. The summed E-state index contributed by atoms with van der Waals surface area (Å²) in [5.41, 5.74) is 1.40. The number of hydrogen-bond acceptors (Lipinski definition) is 3. The van der Waals surface area contributed by atoms with Gasteiger partial charge < -0.3 is 9.88 Å². The number of amides is 1. The summed E-state index contributed by atoms with van der Waals surface area (Å²) >= 11 is 0. The molecule has 0 saturated carbocycles. The molecule has 4 rings (SSSR count). The number of hydrogen-bond donors (Lipinski definition) is 1. The fraction of sp³-hybridized carbons (Fsp3) is 0. The van der Waals surface area contributed by atoms with Crippen LogP contribution in [0.25, 0.3) is 11.4 Å². The Morgan fingerprint density at radius 1 is 1.00 bits per heavy atom. The van der Waals surface area contributed by atoms with E-state index in [0.29, 0.717) is 17.1 Å². The Morgan fingerprint density at radius 2 is 1.81 bits per heavy atom. The predicted molar refractivity (Wildman–Crippen MR) is 95.0 cm³/mol. The van der Waals surface area contributed by atoms with E-state index in [2.05, 4.69) is 15.4 Å². The first kappa shape index (κ1) is 16.6. The van der Waals surface area contributed by atoms with Gasteiger partial charge in [-0.3, -0.25) is 4.79 Å². The van der Waals surface area contributed by atoms with Gasteiger partial charge in [-0.05, 0) is 48.5 Å². The van der Waals surface area contributed by atoms with Crippen LogP contribution in [-0.4, -0.2) is 25.2 Å². The Balaban J connectivity index is 1.51. The van der Waals surface area contributed by atoms with E-state index in [1.165, 1.54) is 39.8 Å². The zero-order valence-corrected chi connectivity index (χ0v) is 13.9. The lowest BCUT2D eigenvalue weighted by Gasteiger charge is -2.07. The van der Waals surface area contributed by atoms with Crippen LogP contribution in [0.4, 0.5) is 14.5 Å². The number of carbonyl (C=O) groups is 1. The number of benzene rings is 2. The fourth-order valence-electron chi connectivity index (χ4n) is 2.57. The molecule has 0 aliphatic carbocycles. The maximum atomic E-state index is 14.3. The van der Waals surface area contributed by atoms with Crippen molar-refractivity contribution in [1.82, 2.24) is 19.3 Å². The van der Waals surface area contributed by atoms with Gasteiger partial charge in [-0.2, -0.15) is 5.10 Å². The Labute approximate surface area is 152 Å². The normalized spacial score (nSPS) is 10.7. The van der Waals surface area contributed by atoms with Crippen LogP contribution in [0, 0.1) is 11.6 Å². The van der Waals surface area contributed by atoms with Crippen LogP contribution in [0.5, 0.6) is 0 Å². The van der Waals surface area contributed by atoms with E-state index < -0.39 is 11.7 Å². The molecule has 1 amide bonds. The monoisotopic (exact) mass is 365 g/mol. The molecule has 0 saturated heterocycles. The van der Waals surface area contributed by atoms with Gasteiger partial charge in [-0.1, -0.05) is 0 Å². The average molecular weight is 365 g/mol. The lowest BCUT2D eigenvalue weighted by molar-refractivity contribution is 0.102. The van der Waals surface area contributed by atoms with Crippen LogP contribution in [0.2, 0.25) is 0 Å². The van der Waals surface area contributed by atoms with Crippen molar-refractivity contribution in [3.63, 3.8) is 0 Å². The quantitative estimate of drug-likeness (QED) is 0.601. The maximum absolute atomic E-state index is 14.3. The van der Waals surface area contributed by atoms with E-state index in [0.717, 1.165) is 0 Å². The molecule has 2 heterocycles. The Morgan fingerprint density at radius 3 is 2.52 bits per heavy atom. The zero-order valence-electron chi connectivity index (χ0n) is 13.9. The fourth-order valence-corrected chi connectivity index (χ4v) is 2.57. The summed E-state index contributed by atoms with van der Waals surface area (Å²) in [6, 6.07) is 11.6.